The molecule has 0 aliphatic carbocycles. The number of para-hydroxylation sites is 1. The number of likely N-dealkylation sites (tertiary alicyclic amines) is 1. The number of piperidine rings is 1. The van der Waals surface area contributed by atoms with E-state index >= 15 is 0 Å². The summed E-state index contributed by atoms with van der Waals surface area (Å²) in [4.78, 5) is 22.9. The molecule has 4 rings (SSSR count). The van der Waals surface area contributed by atoms with Crippen molar-refractivity contribution in [2.24, 2.45) is 0 Å². The second-order valence-corrected chi connectivity index (χ2v) is 7.24. The molecule has 3 heterocycles. The summed E-state index contributed by atoms with van der Waals surface area (Å²) in [5, 5.41) is 4.35. The van der Waals surface area contributed by atoms with Gasteiger partial charge in [-0.3, -0.25) is 9.48 Å². The summed E-state index contributed by atoms with van der Waals surface area (Å²) >= 11 is 0. The van der Waals surface area contributed by atoms with Crippen molar-refractivity contribution in [3.05, 3.63) is 47.5 Å². The number of carbonyl (C=O) groups excluding carboxylic acids is 1. The smallest absolute Gasteiger partial charge is 0.224 e. The Morgan fingerprint density at radius 2 is 2.19 bits per heavy atom. The summed E-state index contributed by atoms with van der Waals surface area (Å²) in [6.07, 6.45) is 4.51. The number of aryl methyl sites for hydroxylation is 3. The lowest BCUT2D eigenvalue weighted by Gasteiger charge is -2.32. The van der Waals surface area contributed by atoms with Crippen LogP contribution in [-0.4, -0.2) is 43.6 Å². The van der Waals surface area contributed by atoms with E-state index < -0.39 is 0 Å². The fraction of sp³-hybridized carbons (Fsp3) is 0.450. The summed E-state index contributed by atoms with van der Waals surface area (Å²) < 4.78 is 1.84. The van der Waals surface area contributed by atoms with Gasteiger partial charge in [0, 0.05) is 38.2 Å². The molecule has 0 saturated carbocycles. The molecular formula is C20H25N5O. The summed E-state index contributed by atoms with van der Waals surface area (Å²) in [7, 11) is 0. The predicted octanol–water partition coefficient (Wildman–Crippen LogP) is 3.17. The van der Waals surface area contributed by atoms with E-state index in [2.05, 4.69) is 29.1 Å². The Hall–Kier alpha value is -2.63. The molecule has 6 heteroatoms. The molecule has 1 amide bonds. The lowest BCUT2D eigenvalue weighted by atomic mass is 9.97. The maximum Gasteiger partial charge on any atom is 0.224 e. The molecule has 1 aliphatic heterocycles. The highest BCUT2D eigenvalue weighted by Gasteiger charge is 2.26. The van der Waals surface area contributed by atoms with Gasteiger partial charge in [0.05, 0.1) is 16.7 Å². The van der Waals surface area contributed by atoms with Crippen LogP contribution in [0, 0.1) is 13.8 Å². The Balaban J connectivity index is 1.42. The van der Waals surface area contributed by atoms with Crippen molar-refractivity contribution >= 4 is 16.9 Å². The molecule has 3 aromatic rings. The minimum absolute atomic E-state index is 0.204. The number of fused-ring (bicyclic) bond motifs is 1. The van der Waals surface area contributed by atoms with Gasteiger partial charge in [-0.25, -0.2) is 4.98 Å². The van der Waals surface area contributed by atoms with Gasteiger partial charge in [-0.2, -0.15) is 5.10 Å². The number of hydrogen-bond donors (Lipinski definition) is 1. The average Bonchev–Trinajstić information content (AvgIpc) is 3.27. The van der Waals surface area contributed by atoms with E-state index in [9.17, 15) is 4.79 Å². The van der Waals surface area contributed by atoms with Crippen LogP contribution in [0.2, 0.25) is 0 Å². The third-order valence-electron chi connectivity index (χ3n) is 5.22. The monoisotopic (exact) mass is 351 g/mol. The van der Waals surface area contributed by atoms with Gasteiger partial charge >= 0.3 is 0 Å². The number of aromatic nitrogens is 4. The summed E-state index contributed by atoms with van der Waals surface area (Å²) in [6, 6.07) is 8.16. The standard InChI is InChI=1S/C20H25N5O/c1-14-5-3-7-17-19(14)22-20(21-17)16-6-4-10-24(13-16)18(26)9-12-25-11-8-15(2)23-25/h3,5,7-8,11,16H,4,6,9-10,12-13H2,1-2H3,(H,21,22). The van der Waals surface area contributed by atoms with E-state index in [0.717, 1.165) is 48.5 Å². The van der Waals surface area contributed by atoms with Crippen molar-refractivity contribution in [3.63, 3.8) is 0 Å². The highest BCUT2D eigenvalue weighted by Crippen LogP contribution is 2.28. The Labute approximate surface area is 153 Å². The van der Waals surface area contributed by atoms with Crippen LogP contribution in [0.3, 0.4) is 0 Å². The summed E-state index contributed by atoms with van der Waals surface area (Å²) in [5.74, 6) is 1.50. The molecule has 26 heavy (non-hydrogen) atoms. The zero-order chi connectivity index (χ0) is 18.1. The third-order valence-corrected chi connectivity index (χ3v) is 5.22. The minimum Gasteiger partial charge on any atom is -0.342 e. The quantitative estimate of drug-likeness (QED) is 0.785. The van der Waals surface area contributed by atoms with Crippen LogP contribution in [0.5, 0.6) is 0 Å². The third kappa shape index (κ3) is 3.36. The SMILES string of the molecule is Cc1ccn(CCC(=O)N2CCCC(c3nc4c(C)cccc4[nH]3)C2)n1. The first kappa shape index (κ1) is 16.8. The number of nitrogens with one attached hydrogen (secondary N) is 1. The molecule has 1 fully saturated rings. The molecule has 136 valence electrons. The van der Waals surface area contributed by atoms with E-state index in [1.807, 2.05) is 34.8 Å². The number of H-pyrrole nitrogens is 1. The van der Waals surface area contributed by atoms with E-state index in [1.54, 1.807) is 0 Å². The number of rotatable bonds is 4. The largest absolute Gasteiger partial charge is 0.342 e. The number of amides is 1. The Kier molecular flexibility index (Phi) is 4.49. The van der Waals surface area contributed by atoms with Crippen LogP contribution >= 0.6 is 0 Å². The molecule has 1 saturated heterocycles. The Morgan fingerprint density at radius 1 is 1.31 bits per heavy atom. The van der Waals surface area contributed by atoms with Gasteiger partial charge in [0.15, 0.2) is 0 Å². The van der Waals surface area contributed by atoms with Crippen LogP contribution in [0.4, 0.5) is 0 Å². The molecule has 0 bridgehead atoms. The fourth-order valence-corrected chi connectivity index (χ4v) is 3.77. The van der Waals surface area contributed by atoms with E-state index in [1.165, 1.54) is 5.56 Å². The molecule has 1 N–H and O–H groups in total. The number of hydrogen-bond acceptors (Lipinski definition) is 3. The van der Waals surface area contributed by atoms with Gasteiger partial charge in [-0.05, 0) is 44.4 Å². The molecular weight excluding hydrogens is 326 g/mol. The molecule has 2 aromatic heterocycles. The second kappa shape index (κ2) is 6.94. The van der Waals surface area contributed by atoms with Gasteiger partial charge in [0.1, 0.15) is 5.82 Å². The minimum atomic E-state index is 0.204. The van der Waals surface area contributed by atoms with Crippen LogP contribution in [-0.2, 0) is 11.3 Å². The molecule has 1 unspecified atom stereocenters. The molecule has 0 spiro atoms. The maximum atomic E-state index is 12.6. The Morgan fingerprint density at radius 3 is 2.96 bits per heavy atom. The number of aromatic amines is 1. The molecule has 6 nitrogen and oxygen atoms in total. The van der Waals surface area contributed by atoms with E-state index in [-0.39, 0.29) is 11.8 Å². The average molecular weight is 351 g/mol. The van der Waals surface area contributed by atoms with Crippen molar-refractivity contribution in [3.8, 4) is 0 Å². The number of benzene rings is 1. The maximum absolute atomic E-state index is 12.6. The first-order valence-electron chi connectivity index (χ1n) is 9.33. The molecule has 1 atom stereocenters. The lowest BCUT2D eigenvalue weighted by Crippen LogP contribution is -2.39. The Bertz CT molecular complexity index is 925. The molecule has 1 aliphatic rings. The number of carbonyl (C=O) groups is 1. The van der Waals surface area contributed by atoms with Gasteiger partial charge in [-0.1, -0.05) is 12.1 Å². The van der Waals surface area contributed by atoms with Crippen LogP contribution in [0.15, 0.2) is 30.5 Å². The second-order valence-electron chi connectivity index (χ2n) is 7.24. The predicted molar refractivity (Wildman–Crippen MR) is 101 cm³/mol. The fourth-order valence-electron chi connectivity index (χ4n) is 3.77. The van der Waals surface area contributed by atoms with Gasteiger partial charge in [-0.15, -0.1) is 0 Å². The van der Waals surface area contributed by atoms with Crippen molar-refractivity contribution in [2.75, 3.05) is 13.1 Å². The first-order valence-corrected chi connectivity index (χ1v) is 9.33. The lowest BCUT2D eigenvalue weighted by molar-refractivity contribution is -0.132. The zero-order valence-corrected chi connectivity index (χ0v) is 15.4. The number of imidazole rings is 1. The van der Waals surface area contributed by atoms with Crippen LogP contribution in [0.1, 0.15) is 42.3 Å². The van der Waals surface area contributed by atoms with Gasteiger partial charge < -0.3 is 9.88 Å². The normalized spacial score (nSPS) is 17.8. The van der Waals surface area contributed by atoms with Crippen LogP contribution < -0.4 is 0 Å². The highest BCUT2D eigenvalue weighted by molar-refractivity contribution is 5.79. The van der Waals surface area contributed by atoms with Gasteiger partial charge in [0.25, 0.3) is 0 Å². The topological polar surface area (TPSA) is 66.8 Å². The summed E-state index contributed by atoms with van der Waals surface area (Å²) in [5.41, 5.74) is 4.29. The van der Waals surface area contributed by atoms with Crippen molar-refractivity contribution in [1.29, 1.82) is 0 Å². The molecule has 0 radical (unpaired) electrons. The zero-order valence-electron chi connectivity index (χ0n) is 15.4. The summed E-state index contributed by atoms with van der Waals surface area (Å²) in [6.45, 7) is 6.27. The highest BCUT2D eigenvalue weighted by atomic mass is 16.2. The van der Waals surface area contributed by atoms with Crippen molar-refractivity contribution < 1.29 is 4.79 Å². The van der Waals surface area contributed by atoms with Crippen molar-refractivity contribution in [1.82, 2.24) is 24.6 Å². The molecule has 1 aromatic carbocycles. The van der Waals surface area contributed by atoms with Crippen LogP contribution in [0.25, 0.3) is 11.0 Å². The van der Waals surface area contributed by atoms with E-state index in [4.69, 9.17) is 4.98 Å². The van der Waals surface area contributed by atoms with E-state index in [0.29, 0.717) is 13.0 Å². The number of nitrogens with zero attached hydrogens (tertiary/aromatic N) is 4. The first-order chi connectivity index (χ1) is 12.6. The van der Waals surface area contributed by atoms with Crippen molar-refractivity contribution in [2.45, 2.75) is 45.6 Å². The van der Waals surface area contributed by atoms with Gasteiger partial charge in [0.2, 0.25) is 5.91 Å².